The SMILES string of the molecule is Cc1ccc(CN(C(=O)CCCN(c2ccccc2)S(C)(=O)=O)[C@@H](C)C(=O)NC(C)(C)C)cc1. The van der Waals surface area contributed by atoms with Crippen LogP contribution in [0.4, 0.5) is 5.69 Å². The number of nitrogens with zero attached hydrogens (tertiary/aromatic N) is 2. The first kappa shape index (κ1) is 27.4. The van der Waals surface area contributed by atoms with E-state index in [1.165, 1.54) is 4.31 Å². The van der Waals surface area contributed by atoms with Gasteiger partial charge in [0.15, 0.2) is 0 Å². The standard InChI is InChI=1S/C26H37N3O4S/c1-20-14-16-22(17-15-20)19-28(21(2)25(31)27-26(3,4)5)24(30)13-10-18-29(34(6,32)33)23-11-8-7-9-12-23/h7-9,11-12,14-17,21H,10,13,18-19H2,1-6H3,(H,27,31)/t21-/m0/s1. The van der Waals surface area contributed by atoms with Gasteiger partial charge in [-0.1, -0.05) is 48.0 Å². The van der Waals surface area contributed by atoms with Crippen molar-refractivity contribution in [2.24, 2.45) is 0 Å². The maximum absolute atomic E-state index is 13.3. The number of hydrogen-bond donors (Lipinski definition) is 1. The highest BCUT2D eigenvalue weighted by molar-refractivity contribution is 7.92. The molecule has 0 saturated carbocycles. The Morgan fingerprint density at radius 3 is 2.12 bits per heavy atom. The van der Waals surface area contributed by atoms with E-state index in [2.05, 4.69) is 5.32 Å². The van der Waals surface area contributed by atoms with Crippen molar-refractivity contribution in [3.63, 3.8) is 0 Å². The van der Waals surface area contributed by atoms with Crippen LogP contribution in [0.5, 0.6) is 0 Å². The topological polar surface area (TPSA) is 86.8 Å². The molecule has 2 aromatic carbocycles. The number of amides is 2. The van der Waals surface area contributed by atoms with E-state index in [4.69, 9.17) is 0 Å². The highest BCUT2D eigenvalue weighted by atomic mass is 32.2. The van der Waals surface area contributed by atoms with Crippen LogP contribution in [0.3, 0.4) is 0 Å². The summed E-state index contributed by atoms with van der Waals surface area (Å²) in [5.74, 6) is -0.423. The van der Waals surface area contributed by atoms with Crippen molar-refractivity contribution < 1.29 is 18.0 Å². The molecule has 0 fully saturated rings. The fraction of sp³-hybridized carbons (Fsp3) is 0.462. The summed E-state index contributed by atoms with van der Waals surface area (Å²) < 4.78 is 25.9. The van der Waals surface area contributed by atoms with Crippen molar-refractivity contribution in [2.75, 3.05) is 17.1 Å². The molecular formula is C26H37N3O4S. The van der Waals surface area contributed by atoms with Crippen LogP contribution in [-0.2, 0) is 26.2 Å². The predicted molar refractivity (Wildman–Crippen MR) is 137 cm³/mol. The van der Waals surface area contributed by atoms with E-state index in [9.17, 15) is 18.0 Å². The molecule has 8 heteroatoms. The summed E-state index contributed by atoms with van der Waals surface area (Å²) in [7, 11) is -3.49. The van der Waals surface area contributed by atoms with E-state index in [0.717, 1.165) is 17.4 Å². The Morgan fingerprint density at radius 2 is 1.59 bits per heavy atom. The van der Waals surface area contributed by atoms with Gasteiger partial charge in [-0.3, -0.25) is 13.9 Å². The van der Waals surface area contributed by atoms with Crippen LogP contribution in [0.2, 0.25) is 0 Å². The van der Waals surface area contributed by atoms with Gasteiger partial charge in [0.2, 0.25) is 21.8 Å². The largest absolute Gasteiger partial charge is 0.350 e. The first-order valence-corrected chi connectivity index (χ1v) is 13.3. The molecule has 0 saturated heterocycles. The number of aryl methyl sites for hydroxylation is 1. The van der Waals surface area contributed by atoms with Gasteiger partial charge in [-0.15, -0.1) is 0 Å². The molecule has 34 heavy (non-hydrogen) atoms. The molecule has 2 aromatic rings. The van der Waals surface area contributed by atoms with E-state index in [1.807, 2.05) is 58.0 Å². The number of carbonyl (C=O) groups excluding carboxylic acids is 2. The third kappa shape index (κ3) is 8.48. The molecular weight excluding hydrogens is 450 g/mol. The van der Waals surface area contributed by atoms with Crippen LogP contribution in [-0.4, -0.2) is 49.5 Å². The van der Waals surface area contributed by atoms with Gasteiger partial charge >= 0.3 is 0 Å². The monoisotopic (exact) mass is 487 g/mol. The summed E-state index contributed by atoms with van der Waals surface area (Å²) >= 11 is 0. The molecule has 0 radical (unpaired) electrons. The molecule has 0 aliphatic rings. The first-order valence-electron chi connectivity index (χ1n) is 11.5. The first-order chi connectivity index (χ1) is 15.8. The van der Waals surface area contributed by atoms with Crippen LogP contribution in [0.1, 0.15) is 51.7 Å². The fourth-order valence-corrected chi connectivity index (χ4v) is 4.51. The molecule has 0 aliphatic heterocycles. The lowest BCUT2D eigenvalue weighted by Gasteiger charge is -2.32. The molecule has 0 aromatic heterocycles. The Labute approximate surface area is 204 Å². The second kappa shape index (κ2) is 11.5. The Kier molecular flexibility index (Phi) is 9.27. The third-order valence-electron chi connectivity index (χ3n) is 5.34. The van der Waals surface area contributed by atoms with Gasteiger partial charge in [0.25, 0.3) is 0 Å². The number of rotatable bonds is 10. The van der Waals surface area contributed by atoms with Crippen LogP contribution in [0, 0.1) is 6.92 Å². The molecule has 0 spiro atoms. The third-order valence-corrected chi connectivity index (χ3v) is 6.53. The van der Waals surface area contributed by atoms with Gasteiger partial charge in [-0.25, -0.2) is 8.42 Å². The maximum Gasteiger partial charge on any atom is 0.242 e. The van der Waals surface area contributed by atoms with Gasteiger partial charge in [0.05, 0.1) is 11.9 Å². The molecule has 0 aliphatic carbocycles. The molecule has 1 N–H and O–H groups in total. The van der Waals surface area contributed by atoms with Crippen molar-refractivity contribution in [1.82, 2.24) is 10.2 Å². The van der Waals surface area contributed by atoms with Crippen LogP contribution in [0.15, 0.2) is 54.6 Å². The van der Waals surface area contributed by atoms with Crippen molar-refractivity contribution in [2.45, 2.75) is 65.6 Å². The summed E-state index contributed by atoms with van der Waals surface area (Å²) in [6.45, 7) is 9.88. The molecule has 0 unspecified atom stereocenters. The highest BCUT2D eigenvalue weighted by Gasteiger charge is 2.28. The zero-order chi connectivity index (χ0) is 25.5. The second-order valence-corrected chi connectivity index (χ2v) is 11.6. The van der Waals surface area contributed by atoms with E-state index in [-0.39, 0.29) is 24.8 Å². The van der Waals surface area contributed by atoms with Crippen LogP contribution >= 0.6 is 0 Å². The van der Waals surface area contributed by atoms with Crippen LogP contribution in [0.25, 0.3) is 0 Å². The number of sulfonamides is 1. The molecule has 7 nitrogen and oxygen atoms in total. The maximum atomic E-state index is 13.3. The van der Waals surface area contributed by atoms with E-state index >= 15 is 0 Å². The minimum Gasteiger partial charge on any atom is -0.350 e. The Bertz CT molecular complexity index is 1060. The quantitative estimate of drug-likeness (QED) is 0.551. The number of anilines is 1. The predicted octanol–water partition coefficient (Wildman–Crippen LogP) is 3.87. The normalized spacial score (nSPS) is 12.6. The Hall–Kier alpha value is -2.87. The smallest absolute Gasteiger partial charge is 0.242 e. The van der Waals surface area contributed by atoms with Gasteiger partial charge in [-0.05, 0) is 58.7 Å². The fourth-order valence-electron chi connectivity index (χ4n) is 3.55. The van der Waals surface area contributed by atoms with E-state index in [0.29, 0.717) is 18.7 Å². The molecule has 2 amide bonds. The number of hydrogen-bond acceptors (Lipinski definition) is 4. The number of benzene rings is 2. The number of carbonyl (C=O) groups is 2. The average molecular weight is 488 g/mol. The van der Waals surface area contributed by atoms with E-state index in [1.54, 1.807) is 36.1 Å². The minimum absolute atomic E-state index is 0.123. The second-order valence-electron chi connectivity index (χ2n) is 9.70. The van der Waals surface area contributed by atoms with Crippen molar-refractivity contribution >= 4 is 27.5 Å². The lowest BCUT2D eigenvalue weighted by Crippen LogP contribution is -2.52. The van der Waals surface area contributed by atoms with Gasteiger partial charge in [0.1, 0.15) is 6.04 Å². The Balaban J connectivity index is 2.16. The highest BCUT2D eigenvalue weighted by Crippen LogP contribution is 2.19. The summed E-state index contributed by atoms with van der Waals surface area (Å²) in [6.07, 6.45) is 1.61. The minimum atomic E-state index is -3.49. The zero-order valence-corrected chi connectivity index (χ0v) is 21.9. The number of para-hydroxylation sites is 1. The van der Waals surface area contributed by atoms with Crippen LogP contribution < -0.4 is 9.62 Å². The van der Waals surface area contributed by atoms with Gasteiger partial charge < -0.3 is 10.2 Å². The summed E-state index contributed by atoms with van der Waals surface area (Å²) in [5.41, 5.74) is 2.18. The summed E-state index contributed by atoms with van der Waals surface area (Å²) in [6, 6.07) is 16.0. The van der Waals surface area contributed by atoms with Gasteiger partial charge in [0, 0.05) is 25.0 Å². The average Bonchev–Trinajstić information content (AvgIpc) is 2.74. The lowest BCUT2D eigenvalue weighted by atomic mass is 10.1. The molecule has 2 rings (SSSR count). The zero-order valence-electron chi connectivity index (χ0n) is 21.0. The summed E-state index contributed by atoms with van der Waals surface area (Å²) in [5, 5.41) is 2.94. The Morgan fingerprint density at radius 1 is 1.00 bits per heavy atom. The van der Waals surface area contributed by atoms with E-state index < -0.39 is 21.6 Å². The van der Waals surface area contributed by atoms with Crippen molar-refractivity contribution in [3.05, 3.63) is 65.7 Å². The summed E-state index contributed by atoms with van der Waals surface area (Å²) in [4.78, 5) is 27.7. The molecule has 0 bridgehead atoms. The molecule has 0 heterocycles. The number of nitrogens with one attached hydrogen (secondary N) is 1. The van der Waals surface area contributed by atoms with Crippen molar-refractivity contribution in [1.29, 1.82) is 0 Å². The van der Waals surface area contributed by atoms with Crippen molar-refractivity contribution in [3.8, 4) is 0 Å². The molecule has 1 atom stereocenters. The van der Waals surface area contributed by atoms with Gasteiger partial charge in [-0.2, -0.15) is 0 Å². The molecule has 186 valence electrons. The lowest BCUT2D eigenvalue weighted by molar-refractivity contribution is -0.141.